The minimum Gasteiger partial charge on any atom is -0.391 e. The van der Waals surface area contributed by atoms with Crippen molar-refractivity contribution in [3.8, 4) is 0 Å². The number of carbonyl (C=O) groups is 1. The van der Waals surface area contributed by atoms with E-state index in [1.165, 1.54) is 0 Å². The Morgan fingerprint density at radius 3 is 1.50 bits per heavy atom. The van der Waals surface area contributed by atoms with Gasteiger partial charge in [-0.2, -0.15) is 0 Å². The Morgan fingerprint density at radius 1 is 0.625 bits per heavy atom. The summed E-state index contributed by atoms with van der Waals surface area (Å²) < 4.78 is 23.2. The Labute approximate surface area is 342 Å². The zero-order valence-electron chi connectivity index (χ0n) is 35.8. The van der Waals surface area contributed by atoms with E-state index in [1.54, 1.807) is 0 Å². The first-order valence-corrected chi connectivity index (χ1v) is 22.7. The summed E-state index contributed by atoms with van der Waals surface area (Å²) in [5.41, 5.74) is 0. The second-order valence-corrected chi connectivity index (χ2v) is 16.4. The SMILES string of the molecule is CC/C=C\C/C=C\C/C=C\C/C=C\C/C=C\C/C=C\C/C=C\C/C=C\C/C=C\CCCCCC(=O)NC(COP(=O)(O)OCC[N+](C)(C)C)C(O)CCCCC. The van der Waals surface area contributed by atoms with Crippen LogP contribution in [0, 0.1) is 0 Å². The fourth-order valence-electron chi connectivity index (χ4n) is 5.15. The maximum Gasteiger partial charge on any atom is 0.472 e. The quantitative estimate of drug-likeness (QED) is 0.0252. The van der Waals surface area contributed by atoms with E-state index in [9.17, 15) is 19.4 Å². The molecule has 0 heterocycles. The van der Waals surface area contributed by atoms with Gasteiger partial charge in [0.05, 0.1) is 39.9 Å². The molecular weight excluding hydrogens is 719 g/mol. The number of rotatable bonds is 36. The number of hydrogen-bond acceptors (Lipinski definition) is 5. The summed E-state index contributed by atoms with van der Waals surface area (Å²) in [6, 6.07) is -0.782. The molecular formula is C47H80N2O6P+. The van der Waals surface area contributed by atoms with Crippen molar-refractivity contribution in [1.82, 2.24) is 5.32 Å². The average molecular weight is 800 g/mol. The van der Waals surface area contributed by atoms with E-state index < -0.39 is 20.0 Å². The van der Waals surface area contributed by atoms with E-state index in [1.807, 2.05) is 21.1 Å². The van der Waals surface area contributed by atoms with Gasteiger partial charge < -0.3 is 19.8 Å². The molecule has 0 aliphatic heterocycles. The average Bonchev–Trinajstić information content (AvgIpc) is 3.15. The predicted octanol–water partition coefficient (Wildman–Crippen LogP) is 11.7. The van der Waals surface area contributed by atoms with Crippen LogP contribution in [0.1, 0.15) is 129 Å². The van der Waals surface area contributed by atoms with Gasteiger partial charge in [-0.25, -0.2) is 4.57 Å². The van der Waals surface area contributed by atoms with Gasteiger partial charge in [0, 0.05) is 6.42 Å². The lowest BCUT2D eigenvalue weighted by molar-refractivity contribution is -0.870. The van der Waals surface area contributed by atoms with E-state index in [0.29, 0.717) is 23.9 Å². The fourth-order valence-corrected chi connectivity index (χ4v) is 5.89. The normalized spacial score (nSPS) is 15.5. The molecule has 0 fully saturated rings. The number of nitrogens with zero attached hydrogens (tertiary/aromatic N) is 1. The number of aliphatic hydroxyl groups is 1. The van der Waals surface area contributed by atoms with Crippen molar-refractivity contribution in [1.29, 1.82) is 0 Å². The molecule has 9 heteroatoms. The molecule has 3 atom stereocenters. The Balaban J connectivity index is 4.08. The number of hydrogen-bond donors (Lipinski definition) is 3. The summed E-state index contributed by atoms with van der Waals surface area (Å²) >= 11 is 0. The zero-order valence-corrected chi connectivity index (χ0v) is 36.7. The summed E-state index contributed by atoms with van der Waals surface area (Å²) in [6.45, 7) is 4.53. The Bertz CT molecular complexity index is 1270. The number of quaternary nitrogens is 1. The molecule has 0 aromatic carbocycles. The van der Waals surface area contributed by atoms with Crippen molar-refractivity contribution in [2.75, 3.05) is 40.9 Å². The first-order chi connectivity index (χ1) is 27.0. The summed E-state index contributed by atoms with van der Waals surface area (Å²) in [6.07, 6.45) is 55.0. The molecule has 3 unspecified atom stereocenters. The van der Waals surface area contributed by atoms with Crippen molar-refractivity contribution < 1.29 is 32.9 Å². The maximum absolute atomic E-state index is 12.7. The molecule has 0 aromatic heterocycles. The largest absolute Gasteiger partial charge is 0.472 e. The molecule has 0 aromatic rings. The van der Waals surface area contributed by atoms with Crippen LogP contribution in [0.3, 0.4) is 0 Å². The maximum atomic E-state index is 12.7. The molecule has 0 radical (unpaired) electrons. The number of phosphoric ester groups is 1. The van der Waals surface area contributed by atoms with Crippen molar-refractivity contribution in [2.45, 2.75) is 142 Å². The first-order valence-electron chi connectivity index (χ1n) is 21.3. The molecule has 0 rings (SSSR count). The van der Waals surface area contributed by atoms with Crippen LogP contribution in [-0.4, -0.2) is 73.4 Å². The highest BCUT2D eigenvalue weighted by molar-refractivity contribution is 7.47. The summed E-state index contributed by atoms with van der Waals surface area (Å²) in [5, 5.41) is 13.5. The number of nitrogens with one attached hydrogen (secondary N) is 1. The Morgan fingerprint density at radius 2 is 1.07 bits per heavy atom. The topological polar surface area (TPSA) is 105 Å². The minimum absolute atomic E-state index is 0.0592. The lowest BCUT2D eigenvalue weighted by Crippen LogP contribution is -2.46. The van der Waals surface area contributed by atoms with Gasteiger partial charge in [0.25, 0.3) is 0 Å². The minimum atomic E-state index is -4.31. The molecule has 0 saturated carbocycles. The number of likely N-dealkylation sites (N-methyl/N-ethyl adjacent to an activating group) is 1. The Kier molecular flexibility index (Phi) is 35.8. The van der Waals surface area contributed by atoms with Crippen LogP contribution in [0.15, 0.2) is 109 Å². The molecule has 0 spiro atoms. The van der Waals surface area contributed by atoms with Gasteiger partial charge in [-0.3, -0.25) is 13.8 Å². The van der Waals surface area contributed by atoms with E-state index >= 15 is 0 Å². The van der Waals surface area contributed by atoms with Gasteiger partial charge in [-0.05, 0) is 83.5 Å². The molecule has 0 aliphatic carbocycles. The fraction of sp³-hybridized carbons (Fsp3) is 0.596. The second-order valence-electron chi connectivity index (χ2n) is 15.0. The van der Waals surface area contributed by atoms with Crippen LogP contribution in [0.4, 0.5) is 0 Å². The van der Waals surface area contributed by atoms with E-state index in [-0.39, 0.29) is 19.1 Å². The van der Waals surface area contributed by atoms with Gasteiger partial charge in [0.2, 0.25) is 5.91 Å². The second kappa shape index (κ2) is 37.7. The third kappa shape index (κ3) is 39.4. The van der Waals surface area contributed by atoms with Crippen molar-refractivity contribution >= 4 is 13.7 Å². The van der Waals surface area contributed by atoms with Gasteiger partial charge >= 0.3 is 7.82 Å². The number of unbranched alkanes of at least 4 members (excludes halogenated alkanes) is 5. The van der Waals surface area contributed by atoms with Crippen LogP contribution in [0.2, 0.25) is 0 Å². The lowest BCUT2D eigenvalue weighted by atomic mass is 10.0. The van der Waals surface area contributed by atoms with Crippen molar-refractivity contribution in [3.05, 3.63) is 109 Å². The van der Waals surface area contributed by atoms with Gasteiger partial charge in [0.1, 0.15) is 13.2 Å². The zero-order chi connectivity index (χ0) is 41.4. The number of phosphoric acid groups is 1. The van der Waals surface area contributed by atoms with Crippen LogP contribution in [0.5, 0.6) is 0 Å². The van der Waals surface area contributed by atoms with E-state index in [2.05, 4.69) is 129 Å². The number of aliphatic hydroxyl groups excluding tert-OH is 1. The number of allylic oxidation sites excluding steroid dienone is 18. The van der Waals surface area contributed by atoms with E-state index in [0.717, 1.165) is 103 Å². The summed E-state index contributed by atoms with van der Waals surface area (Å²) in [5.74, 6) is -0.195. The monoisotopic (exact) mass is 800 g/mol. The van der Waals surface area contributed by atoms with Crippen LogP contribution in [-0.2, 0) is 18.4 Å². The number of carbonyl (C=O) groups excluding carboxylic acids is 1. The third-order valence-electron chi connectivity index (χ3n) is 8.54. The molecule has 0 aliphatic rings. The van der Waals surface area contributed by atoms with E-state index in [4.69, 9.17) is 9.05 Å². The number of amides is 1. The molecule has 318 valence electrons. The van der Waals surface area contributed by atoms with Gasteiger partial charge in [0.15, 0.2) is 0 Å². The molecule has 8 nitrogen and oxygen atoms in total. The lowest BCUT2D eigenvalue weighted by Gasteiger charge is -2.26. The molecule has 1 amide bonds. The highest BCUT2D eigenvalue weighted by Gasteiger charge is 2.28. The van der Waals surface area contributed by atoms with Crippen LogP contribution in [0.25, 0.3) is 0 Å². The van der Waals surface area contributed by atoms with Crippen LogP contribution >= 0.6 is 7.82 Å². The van der Waals surface area contributed by atoms with Crippen LogP contribution < -0.4 is 5.32 Å². The molecule has 0 saturated heterocycles. The van der Waals surface area contributed by atoms with Crippen molar-refractivity contribution in [3.63, 3.8) is 0 Å². The van der Waals surface area contributed by atoms with Gasteiger partial charge in [-0.15, -0.1) is 0 Å². The highest BCUT2D eigenvalue weighted by atomic mass is 31.2. The molecule has 56 heavy (non-hydrogen) atoms. The third-order valence-corrected chi connectivity index (χ3v) is 9.52. The smallest absolute Gasteiger partial charge is 0.391 e. The van der Waals surface area contributed by atoms with Crippen molar-refractivity contribution in [2.24, 2.45) is 0 Å². The molecule has 3 N–H and O–H groups in total. The summed E-state index contributed by atoms with van der Waals surface area (Å²) in [7, 11) is 1.56. The first kappa shape index (κ1) is 53.2. The predicted molar refractivity (Wildman–Crippen MR) is 239 cm³/mol. The standard InChI is InChI=1S/C47H79N2O6P/c1-6-8-10-11-12-13-14-15-16-17-18-19-20-21-22-23-24-25-26-27-28-29-30-31-32-33-34-35-36-37-39-41-47(51)48-45(46(50)40-38-9-7-2)44-55-56(52,53)54-43-42-49(3,4)5/h8,10,12-13,15-16,18-19,21-22,24-25,27-28,30-31,33-34,45-46,50H,6-7,9,11,14,17,20,23,26,29,32,35-44H2,1-5H3,(H-,48,51,52,53)/p+1/b10-8-,13-12-,16-15-,19-18-,22-21-,25-24-,28-27-,31-30-,34-33-. The van der Waals surface area contributed by atoms with Gasteiger partial charge in [-0.1, -0.05) is 149 Å². The Hall–Kier alpha value is -2.84. The highest BCUT2D eigenvalue weighted by Crippen LogP contribution is 2.43. The molecule has 0 bridgehead atoms. The summed E-state index contributed by atoms with van der Waals surface area (Å²) in [4.78, 5) is 22.8.